The molecule has 0 atom stereocenters. The highest BCUT2D eigenvalue weighted by Gasteiger charge is 2.16. The van der Waals surface area contributed by atoms with Gasteiger partial charge in [0, 0.05) is 24.2 Å². The van der Waals surface area contributed by atoms with Crippen molar-refractivity contribution in [3.63, 3.8) is 0 Å². The summed E-state index contributed by atoms with van der Waals surface area (Å²) in [5.74, 6) is 2.49. The van der Waals surface area contributed by atoms with Crippen molar-refractivity contribution >= 4 is 12.4 Å². The standard InChI is InChI=1S/C28H30N4O.ClH/c1-33-26-14-12-24(13-15-26)27-29-28(32(30-27)19-16-22-8-3-2-4-9-22)25-11-7-10-23(20-25)21-31-17-5-6-18-31;/h2-4,7-15,20H,5-6,16-19,21H2,1H3;1H. The van der Waals surface area contributed by atoms with Crippen LogP contribution in [0.25, 0.3) is 22.8 Å². The number of nitrogens with zero attached hydrogens (tertiary/aromatic N) is 4. The Hall–Kier alpha value is -3.15. The van der Waals surface area contributed by atoms with Crippen LogP contribution in [0, 0.1) is 0 Å². The molecule has 0 N–H and O–H groups in total. The van der Waals surface area contributed by atoms with Gasteiger partial charge < -0.3 is 4.74 Å². The number of ether oxygens (including phenoxy) is 1. The number of aryl methyl sites for hydroxylation is 2. The Morgan fingerprint density at radius 2 is 1.56 bits per heavy atom. The number of aromatic nitrogens is 3. The van der Waals surface area contributed by atoms with E-state index in [1.54, 1.807) is 7.11 Å². The summed E-state index contributed by atoms with van der Waals surface area (Å²) in [6, 6.07) is 27.3. The fourth-order valence-electron chi connectivity index (χ4n) is 4.46. The van der Waals surface area contributed by atoms with E-state index in [-0.39, 0.29) is 12.4 Å². The Bertz CT molecular complexity index is 1180. The highest BCUT2D eigenvalue weighted by atomic mass is 35.5. The van der Waals surface area contributed by atoms with E-state index in [9.17, 15) is 0 Å². The lowest BCUT2D eigenvalue weighted by molar-refractivity contribution is 0.331. The van der Waals surface area contributed by atoms with Crippen molar-refractivity contribution in [2.24, 2.45) is 0 Å². The molecule has 1 saturated heterocycles. The summed E-state index contributed by atoms with van der Waals surface area (Å²) in [6.45, 7) is 4.16. The normalized spacial score (nSPS) is 13.6. The molecule has 1 aliphatic rings. The minimum atomic E-state index is 0. The highest BCUT2D eigenvalue weighted by molar-refractivity contribution is 5.85. The Morgan fingerprint density at radius 1 is 0.824 bits per heavy atom. The molecule has 0 unspecified atom stereocenters. The molecule has 176 valence electrons. The first-order chi connectivity index (χ1) is 16.3. The zero-order valence-electron chi connectivity index (χ0n) is 19.6. The molecule has 4 aromatic rings. The number of hydrogen-bond donors (Lipinski definition) is 0. The smallest absolute Gasteiger partial charge is 0.181 e. The summed E-state index contributed by atoms with van der Waals surface area (Å²) in [5.41, 5.74) is 4.74. The largest absolute Gasteiger partial charge is 0.497 e. The van der Waals surface area contributed by atoms with E-state index in [1.807, 2.05) is 24.3 Å². The minimum absolute atomic E-state index is 0. The average molecular weight is 475 g/mol. The van der Waals surface area contributed by atoms with Crippen molar-refractivity contribution < 1.29 is 4.74 Å². The third-order valence-corrected chi connectivity index (χ3v) is 6.27. The zero-order chi connectivity index (χ0) is 22.5. The van der Waals surface area contributed by atoms with Crippen LogP contribution in [0.15, 0.2) is 78.9 Å². The lowest BCUT2D eigenvalue weighted by atomic mass is 10.1. The van der Waals surface area contributed by atoms with Crippen LogP contribution < -0.4 is 4.74 Å². The first-order valence-electron chi connectivity index (χ1n) is 11.7. The van der Waals surface area contributed by atoms with Crippen molar-refractivity contribution in [1.29, 1.82) is 0 Å². The Morgan fingerprint density at radius 3 is 2.29 bits per heavy atom. The number of rotatable bonds is 8. The van der Waals surface area contributed by atoms with Crippen molar-refractivity contribution in [3.05, 3.63) is 90.0 Å². The molecule has 5 nitrogen and oxygen atoms in total. The molecule has 0 spiro atoms. The molecule has 5 rings (SSSR count). The van der Waals surface area contributed by atoms with Gasteiger partial charge in [0.15, 0.2) is 11.6 Å². The number of benzene rings is 3. The van der Waals surface area contributed by atoms with Gasteiger partial charge >= 0.3 is 0 Å². The summed E-state index contributed by atoms with van der Waals surface area (Å²) in [4.78, 5) is 7.52. The fraction of sp³-hybridized carbons (Fsp3) is 0.286. The Kier molecular flexibility index (Phi) is 7.99. The van der Waals surface area contributed by atoms with Gasteiger partial charge in [0.2, 0.25) is 0 Å². The lowest BCUT2D eigenvalue weighted by Crippen LogP contribution is -2.18. The van der Waals surface area contributed by atoms with Crippen LogP contribution in [-0.2, 0) is 19.5 Å². The third-order valence-electron chi connectivity index (χ3n) is 6.27. The predicted molar refractivity (Wildman–Crippen MR) is 139 cm³/mol. The van der Waals surface area contributed by atoms with Crippen molar-refractivity contribution in [1.82, 2.24) is 19.7 Å². The summed E-state index contributed by atoms with van der Waals surface area (Å²) in [5, 5.41) is 4.91. The van der Waals surface area contributed by atoms with Crippen LogP contribution >= 0.6 is 12.4 Å². The summed E-state index contributed by atoms with van der Waals surface area (Å²) < 4.78 is 7.37. The van der Waals surface area contributed by atoms with E-state index in [2.05, 4.69) is 64.2 Å². The van der Waals surface area contributed by atoms with E-state index < -0.39 is 0 Å². The third kappa shape index (κ3) is 5.66. The number of hydrogen-bond acceptors (Lipinski definition) is 4. The summed E-state index contributed by atoms with van der Waals surface area (Å²) >= 11 is 0. The summed E-state index contributed by atoms with van der Waals surface area (Å²) in [7, 11) is 1.68. The maximum Gasteiger partial charge on any atom is 0.181 e. The molecule has 1 aliphatic heterocycles. The summed E-state index contributed by atoms with van der Waals surface area (Å²) in [6.07, 6.45) is 3.52. The van der Waals surface area contributed by atoms with Crippen LogP contribution in [0.5, 0.6) is 5.75 Å². The van der Waals surface area contributed by atoms with Gasteiger partial charge in [0.05, 0.1) is 7.11 Å². The van der Waals surface area contributed by atoms with Gasteiger partial charge in [0.25, 0.3) is 0 Å². The van der Waals surface area contributed by atoms with Gasteiger partial charge in [-0.05, 0) is 73.8 Å². The number of likely N-dealkylation sites (tertiary alicyclic amines) is 1. The first kappa shape index (κ1) is 24.0. The number of halogens is 1. The lowest BCUT2D eigenvalue weighted by Gasteiger charge is -2.15. The molecule has 1 aromatic heterocycles. The molecule has 0 bridgehead atoms. The first-order valence-corrected chi connectivity index (χ1v) is 11.7. The molecule has 0 amide bonds. The molecule has 2 heterocycles. The monoisotopic (exact) mass is 474 g/mol. The minimum Gasteiger partial charge on any atom is -0.497 e. The molecule has 3 aromatic carbocycles. The number of methoxy groups -OCH3 is 1. The van der Waals surface area contributed by atoms with Crippen LogP contribution in [0.2, 0.25) is 0 Å². The van der Waals surface area contributed by atoms with Crippen molar-refractivity contribution in [3.8, 4) is 28.5 Å². The topological polar surface area (TPSA) is 43.2 Å². The van der Waals surface area contributed by atoms with Crippen LogP contribution in [0.3, 0.4) is 0 Å². The van der Waals surface area contributed by atoms with E-state index in [1.165, 1.54) is 37.1 Å². The predicted octanol–water partition coefficient (Wildman–Crippen LogP) is 5.88. The molecule has 6 heteroatoms. The second kappa shape index (κ2) is 11.3. The molecular weight excluding hydrogens is 444 g/mol. The van der Waals surface area contributed by atoms with Crippen LogP contribution in [-0.4, -0.2) is 39.9 Å². The second-order valence-corrected chi connectivity index (χ2v) is 8.63. The Labute approximate surface area is 207 Å². The van der Waals surface area contributed by atoms with E-state index >= 15 is 0 Å². The van der Waals surface area contributed by atoms with Crippen LogP contribution in [0.4, 0.5) is 0 Å². The maximum absolute atomic E-state index is 5.31. The highest BCUT2D eigenvalue weighted by Crippen LogP contribution is 2.26. The van der Waals surface area contributed by atoms with E-state index in [0.717, 1.165) is 48.0 Å². The van der Waals surface area contributed by atoms with E-state index in [0.29, 0.717) is 0 Å². The molecule has 0 radical (unpaired) electrons. The molecular formula is C28H31ClN4O. The van der Waals surface area contributed by atoms with E-state index in [4.69, 9.17) is 14.8 Å². The SMILES string of the molecule is COc1ccc(-c2nc(-c3cccc(CN4CCCC4)c3)n(CCc3ccccc3)n2)cc1.Cl. The second-order valence-electron chi connectivity index (χ2n) is 8.63. The van der Waals surface area contributed by atoms with Crippen molar-refractivity contribution in [2.45, 2.75) is 32.4 Å². The van der Waals surface area contributed by atoms with Gasteiger partial charge in [-0.1, -0.05) is 48.5 Å². The average Bonchev–Trinajstić information content (AvgIpc) is 3.54. The quantitative estimate of drug-likeness (QED) is 0.320. The van der Waals surface area contributed by atoms with Gasteiger partial charge in [-0.25, -0.2) is 9.67 Å². The van der Waals surface area contributed by atoms with Crippen LogP contribution in [0.1, 0.15) is 24.0 Å². The molecule has 1 fully saturated rings. The fourth-order valence-corrected chi connectivity index (χ4v) is 4.46. The zero-order valence-corrected chi connectivity index (χ0v) is 20.4. The van der Waals surface area contributed by atoms with Gasteiger partial charge in [-0.3, -0.25) is 4.90 Å². The molecule has 34 heavy (non-hydrogen) atoms. The molecule has 0 aliphatic carbocycles. The maximum atomic E-state index is 5.31. The van der Waals surface area contributed by atoms with Gasteiger partial charge in [-0.2, -0.15) is 5.10 Å². The van der Waals surface area contributed by atoms with Gasteiger partial charge in [-0.15, -0.1) is 12.4 Å². The van der Waals surface area contributed by atoms with Crippen molar-refractivity contribution in [2.75, 3.05) is 20.2 Å². The Balaban J connectivity index is 0.00000274. The van der Waals surface area contributed by atoms with Gasteiger partial charge in [0.1, 0.15) is 5.75 Å². The molecule has 0 saturated carbocycles.